The maximum absolute atomic E-state index is 10.9. The van der Waals surface area contributed by atoms with E-state index < -0.39 is 4.92 Å². The summed E-state index contributed by atoms with van der Waals surface area (Å²) in [6.07, 6.45) is 0.244. The summed E-state index contributed by atoms with van der Waals surface area (Å²) in [5.74, 6) is 0.218. The fourth-order valence-electron chi connectivity index (χ4n) is 1.31. The molecule has 0 saturated heterocycles. The Balaban J connectivity index is 3.40. The van der Waals surface area contributed by atoms with Crippen LogP contribution in [0.1, 0.15) is 24.2 Å². The number of carbonyl (C=O) groups excluding carboxylic acids is 1. The third-order valence-corrected chi connectivity index (χ3v) is 1.98. The Morgan fingerprint density at radius 2 is 2.06 bits per heavy atom. The van der Waals surface area contributed by atoms with Crippen LogP contribution in [-0.2, 0) is 0 Å². The highest BCUT2D eigenvalue weighted by atomic mass is 16.6. The summed E-state index contributed by atoms with van der Waals surface area (Å²) in [5.41, 5.74) is -0.176. The number of nitro benzene ring substituents is 1. The van der Waals surface area contributed by atoms with E-state index in [1.165, 1.54) is 19.2 Å². The van der Waals surface area contributed by atoms with Gasteiger partial charge >= 0.3 is 5.69 Å². The molecule has 0 N–H and O–H groups in total. The number of hydrogen-bond acceptors (Lipinski definition) is 5. The van der Waals surface area contributed by atoms with Gasteiger partial charge in [0.15, 0.2) is 6.29 Å². The van der Waals surface area contributed by atoms with Gasteiger partial charge in [-0.1, -0.05) is 0 Å². The maximum Gasteiger partial charge on any atom is 0.315 e. The Kier molecular flexibility index (Phi) is 4.03. The van der Waals surface area contributed by atoms with E-state index in [-0.39, 0.29) is 28.9 Å². The molecule has 0 heterocycles. The van der Waals surface area contributed by atoms with Gasteiger partial charge in [-0.15, -0.1) is 0 Å². The molecule has 0 radical (unpaired) electrons. The highest BCUT2D eigenvalue weighted by molar-refractivity contribution is 5.83. The molecule has 0 spiro atoms. The number of ether oxygens (including phenoxy) is 2. The van der Waals surface area contributed by atoms with Crippen molar-refractivity contribution in [2.24, 2.45) is 0 Å². The molecule has 1 aromatic rings. The van der Waals surface area contributed by atoms with E-state index in [4.69, 9.17) is 9.47 Å². The van der Waals surface area contributed by atoms with E-state index in [2.05, 4.69) is 0 Å². The third kappa shape index (κ3) is 2.93. The Morgan fingerprint density at radius 1 is 1.41 bits per heavy atom. The monoisotopic (exact) mass is 239 g/mol. The average Bonchev–Trinajstić information content (AvgIpc) is 2.28. The number of nitrogens with zero attached hydrogens (tertiary/aromatic N) is 1. The first-order valence-electron chi connectivity index (χ1n) is 4.97. The minimum absolute atomic E-state index is 0.0270. The van der Waals surface area contributed by atoms with Crippen molar-refractivity contribution in [2.75, 3.05) is 7.11 Å². The zero-order valence-corrected chi connectivity index (χ0v) is 9.80. The van der Waals surface area contributed by atoms with Crippen molar-refractivity contribution in [3.8, 4) is 11.5 Å². The number of carbonyl (C=O) groups is 1. The van der Waals surface area contributed by atoms with E-state index in [0.29, 0.717) is 6.29 Å². The normalized spacial score (nSPS) is 10.1. The summed E-state index contributed by atoms with van der Waals surface area (Å²) in [6, 6.07) is 2.63. The molecule has 0 aliphatic heterocycles. The fourth-order valence-corrected chi connectivity index (χ4v) is 1.31. The molecule has 0 unspecified atom stereocenters. The van der Waals surface area contributed by atoms with Crippen LogP contribution in [0, 0.1) is 10.1 Å². The molecule has 6 nitrogen and oxygen atoms in total. The van der Waals surface area contributed by atoms with Gasteiger partial charge in [-0.3, -0.25) is 14.9 Å². The molecule has 0 aliphatic rings. The van der Waals surface area contributed by atoms with Crippen molar-refractivity contribution in [3.05, 3.63) is 27.8 Å². The van der Waals surface area contributed by atoms with Crippen LogP contribution in [0.3, 0.4) is 0 Å². The first-order valence-corrected chi connectivity index (χ1v) is 4.97. The standard InChI is InChI=1S/C11H13NO5/c1-7(2)17-11-8(6-13)4-9(16-3)5-10(11)12(14)15/h4-7H,1-3H3. The Labute approximate surface area is 98.3 Å². The first-order chi connectivity index (χ1) is 7.99. The largest absolute Gasteiger partial charge is 0.496 e. The Hall–Kier alpha value is -2.11. The number of benzene rings is 1. The van der Waals surface area contributed by atoms with Crippen LogP contribution in [0.15, 0.2) is 12.1 Å². The molecule has 0 aromatic heterocycles. The van der Waals surface area contributed by atoms with Crippen LogP contribution in [0.25, 0.3) is 0 Å². The second-order valence-corrected chi connectivity index (χ2v) is 3.61. The number of nitro groups is 1. The fraction of sp³-hybridized carbons (Fsp3) is 0.364. The van der Waals surface area contributed by atoms with Crippen LogP contribution in [-0.4, -0.2) is 24.4 Å². The second-order valence-electron chi connectivity index (χ2n) is 3.61. The van der Waals surface area contributed by atoms with Gasteiger partial charge in [0.2, 0.25) is 5.75 Å². The molecule has 0 saturated carbocycles. The number of aldehydes is 1. The van der Waals surface area contributed by atoms with Gasteiger partial charge in [-0.2, -0.15) is 0 Å². The summed E-state index contributed by atoms with van der Waals surface area (Å²) < 4.78 is 10.2. The SMILES string of the molecule is COc1cc(C=O)c(OC(C)C)c([N+](=O)[O-])c1. The van der Waals surface area contributed by atoms with Gasteiger partial charge in [-0.25, -0.2) is 0 Å². The first kappa shape index (κ1) is 13.0. The van der Waals surface area contributed by atoms with Crippen LogP contribution in [0.5, 0.6) is 11.5 Å². The molecule has 0 amide bonds. The van der Waals surface area contributed by atoms with E-state index >= 15 is 0 Å². The quantitative estimate of drug-likeness (QED) is 0.447. The summed E-state index contributed by atoms with van der Waals surface area (Å²) in [7, 11) is 1.37. The topological polar surface area (TPSA) is 78.7 Å². The van der Waals surface area contributed by atoms with E-state index in [1.54, 1.807) is 13.8 Å². The van der Waals surface area contributed by atoms with Crippen molar-refractivity contribution in [2.45, 2.75) is 20.0 Å². The average molecular weight is 239 g/mol. The number of methoxy groups -OCH3 is 1. The minimum atomic E-state index is -0.604. The van der Waals surface area contributed by atoms with Crippen LogP contribution in [0.2, 0.25) is 0 Å². The van der Waals surface area contributed by atoms with Gasteiger partial charge in [-0.05, 0) is 19.9 Å². The smallest absolute Gasteiger partial charge is 0.315 e. The second kappa shape index (κ2) is 5.29. The summed E-state index contributed by atoms with van der Waals surface area (Å²) in [4.78, 5) is 21.2. The molecular weight excluding hydrogens is 226 g/mol. The van der Waals surface area contributed by atoms with E-state index in [9.17, 15) is 14.9 Å². The molecule has 0 aliphatic carbocycles. The lowest BCUT2D eigenvalue weighted by Gasteiger charge is -2.12. The maximum atomic E-state index is 10.9. The summed E-state index contributed by atoms with van der Waals surface area (Å²) in [6.45, 7) is 3.45. The molecule has 1 aromatic carbocycles. The third-order valence-electron chi connectivity index (χ3n) is 1.98. The van der Waals surface area contributed by atoms with Crippen molar-refractivity contribution < 1.29 is 19.2 Å². The van der Waals surface area contributed by atoms with Crippen molar-refractivity contribution in [1.82, 2.24) is 0 Å². The lowest BCUT2D eigenvalue weighted by Crippen LogP contribution is -2.09. The molecule has 6 heteroatoms. The molecule has 1 rings (SSSR count). The zero-order chi connectivity index (χ0) is 13.0. The number of rotatable bonds is 5. The van der Waals surface area contributed by atoms with Crippen LogP contribution < -0.4 is 9.47 Å². The van der Waals surface area contributed by atoms with Crippen molar-refractivity contribution in [3.63, 3.8) is 0 Å². The molecule has 0 fully saturated rings. The van der Waals surface area contributed by atoms with Gasteiger partial charge in [0.1, 0.15) is 5.75 Å². The lowest BCUT2D eigenvalue weighted by atomic mass is 10.1. The van der Waals surface area contributed by atoms with E-state index in [1.807, 2.05) is 0 Å². The van der Waals surface area contributed by atoms with Crippen molar-refractivity contribution in [1.29, 1.82) is 0 Å². The molecule has 92 valence electrons. The minimum Gasteiger partial charge on any atom is -0.496 e. The highest BCUT2D eigenvalue weighted by Gasteiger charge is 2.22. The van der Waals surface area contributed by atoms with Gasteiger partial charge in [0.05, 0.1) is 29.8 Å². The highest BCUT2D eigenvalue weighted by Crippen LogP contribution is 2.35. The molecule has 0 bridgehead atoms. The van der Waals surface area contributed by atoms with Gasteiger partial charge in [0, 0.05) is 0 Å². The zero-order valence-electron chi connectivity index (χ0n) is 9.80. The molecule has 0 atom stereocenters. The van der Waals surface area contributed by atoms with E-state index in [0.717, 1.165) is 0 Å². The van der Waals surface area contributed by atoms with Gasteiger partial charge < -0.3 is 9.47 Å². The van der Waals surface area contributed by atoms with Crippen LogP contribution >= 0.6 is 0 Å². The van der Waals surface area contributed by atoms with Crippen LogP contribution in [0.4, 0.5) is 5.69 Å². The summed E-state index contributed by atoms with van der Waals surface area (Å²) >= 11 is 0. The number of hydrogen-bond donors (Lipinski definition) is 0. The summed E-state index contributed by atoms with van der Waals surface area (Å²) in [5, 5.41) is 10.9. The van der Waals surface area contributed by atoms with Crippen molar-refractivity contribution >= 4 is 12.0 Å². The molecule has 17 heavy (non-hydrogen) atoms. The predicted octanol–water partition coefficient (Wildman–Crippen LogP) is 2.20. The van der Waals surface area contributed by atoms with Gasteiger partial charge in [0.25, 0.3) is 0 Å². The predicted molar refractivity (Wildman–Crippen MR) is 60.8 cm³/mol. The lowest BCUT2D eigenvalue weighted by molar-refractivity contribution is -0.386. The Morgan fingerprint density at radius 3 is 2.47 bits per heavy atom. The molecular formula is C11H13NO5. The Bertz CT molecular complexity index is 442.